The van der Waals surface area contributed by atoms with Crippen LogP contribution in [0.5, 0.6) is 23.0 Å². The number of hydrogen-bond acceptors (Lipinski definition) is 8. The highest BCUT2D eigenvalue weighted by molar-refractivity contribution is 6.27. The minimum absolute atomic E-state index is 0.0730. The van der Waals surface area contributed by atoms with Gasteiger partial charge in [0, 0.05) is 31.6 Å². The maximum atomic E-state index is 13.0. The molecule has 3 rings (SSSR count). The molecule has 0 unspecified atom stereocenters. The topological polar surface area (TPSA) is 135 Å². The molecule has 1 amide bonds. The summed E-state index contributed by atoms with van der Waals surface area (Å²) in [5.41, 5.74) is 2.23. The van der Waals surface area contributed by atoms with Crippen molar-refractivity contribution in [2.75, 3.05) is 55.1 Å². The first-order chi connectivity index (χ1) is 18.6. The van der Waals surface area contributed by atoms with Gasteiger partial charge in [-0.2, -0.15) is 0 Å². The molecule has 11 nitrogen and oxygen atoms in total. The van der Waals surface area contributed by atoms with Gasteiger partial charge in [0.1, 0.15) is 0 Å². The van der Waals surface area contributed by atoms with Crippen molar-refractivity contribution in [2.45, 2.75) is 25.8 Å². The Morgan fingerprint density at radius 1 is 0.872 bits per heavy atom. The summed E-state index contributed by atoms with van der Waals surface area (Å²) < 4.78 is 21.7. The first-order valence-corrected chi connectivity index (χ1v) is 12.5. The Kier molecular flexibility index (Phi) is 12.4. The highest BCUT2D eigenvalue weighted by atomic mass is 16.5. The molecular weight excluding hydrogens is 508 g/mol. The number of nitrogens with zero attached hydrogens (tertiary/aromatic N) is 2. The van der Waals surface area contributed by atoms with E-state index in [0.717, 1.165) is 61.5 Å². The normalized spacial score (nSPS) is 13.5. The van der Waals surface area contributed by atoms with Crippen molar-refractivity contribution < 1.29 is 43.5 Å². The molecule has 0 bridgehead atoms. The number of rotatable bonds is 10. The molecule has 1 fully saturated rings. The number of aliphatic carboxylic acids is 2. The van der Waals surface area contributed by atoms with Crippen LogP contribution in [0.1, 0.15) is 24.0 Å². The number of piperidine rings is 1. The van der Waals surface area contributed by atoms with Crippen LogP contribution in [-0.2, 0) is 27.3 Å². The number of para-hydroxylation sites is 1. The second-order valence-electron chi connectivity index (χ2n) is 9.01. The van der Waals surface area contributed by atoms with E-state index in [1.165, 1.54) is 0 Å². The zero-order valence-corrected chi connectivity index (χ0v) is 23.1. The summed E-state index contributed by atoms with van der Waals surface area (Å²) in [5.74, 6) is -0.389. The molecule has 1 heterocycles. The van der Waals surface area contributed by atoms with E-state index in [-0.39, 0.29) is 11.8 Å². The Labute approximate surface area is 228 Å². The molecule has 0 spiro atoms. The van der Waals surface area contributed by atoms with E-state index in [0.29, 0.717) is 18.0 Å². The first-order valence-electron chi connectivity index (χ1n) is 12.5. The van der Waals surface area contributed by atoms with E-state index in [4.69, 9.17) is 38.7 Å². The van der Waals surface area contributed by atoms with Gasteiger partial charge in [0.25, 0.3) is 0 Å². The summed E-state index contributed by atoms with van der Waals surface area (Å²) in [6.07, 6.45) is 2.51. The summed E-state index contributed by atoms with van der Waals surface area (Å²) in [7, 11) is 8.48. The number of carbonyl (C=O) groups is 3. The van der Waals surface area contributed by atoms with Crippen molar-refractivity contribution in [3.05, 3.63) is 47.5 Å². The minimum Gasteiger partial charge on any atom is -0.493 e. The smallest absolute Gasteiger partial charge is 0.414 e. The SMILES string of the molecule is COc1ccc(CCN(C)C(=O)C2CCN(Cc3cccc(OC)c3OC)CC2)cc1OC.O=C(O)C(=O)O. The molecule has 2 aromatic rings. The summed E-state index contributed by atoms with van der Waals surface area (Å²) in [4.78, 5) is 35.5. The number of amides is 1. The van der Waals surface area contributed by atoms with Crippen LogP contribution in [0.15, 0.2) is 36.4 Å². The molecule has 2 aromatic carbocycles. The summed E-state index contributed by atoms with van der Waals surface area (Å²) in [6, 6.07) is 11.9. The van der Waals surface area contributed by atoms with E-state index < -0.39 is 11.9 Å². The number of likely N-dealkylation sites (N-methyl/N-ethyl adjacent to an activating group) is 1. The lowest BCUT2D eigenvalue weighted by atomic mass is 9.94. The fourth-order valence-corrected chi connectivity index (χ4v) is 4.41. The quantitative estimate of drug-likeness (QED) is 0.428. The van der Waals surface area contributed by atoms with E-state index >= 15 is 0 Å². The predicted molar refractivity (Wildman–Crippen MR) is 144 cm³/mol. The average Bonchev–Trinajstić information content (AvgIpc) is 2.95. The molecule has 214 valence electrons. The Morgan fingerprint density at radius 2 is 1.49 bits per heavy atom. The third-order valence-electron chi connectivity index (χ3n) is 6.56. The van der Waals surface area contributed by atoms with Gasteiger partial charge in [-0.05, 0) is 56.1 Å². The van der Waals surface area contributed by atoms with Gasteiger partial charge in [0.2, 0.25) is 5.91 Å². The number of benzene rings is 2. The van der Waals surface area contributed by atoms with Crippen LogP contribution in [-0.4, -0.2) is 93.0 Å². The highest BCUT2D eigenvalue weighted by Crippen LogP contribution is 2.32. The number of carbonyl (C=O) groups excluding carboxylic acids is 1. The van der Waals surface area contributed by atoms with Gasteiger partial charge in [-0.3, -0.25) is 9.69 Å². The van der Waals surface area contributed by atoms with Gasteiger partial charge < -0.3 is 34.1 Å². The Balaban J connectivity index is 0.000000798. The zero-order chi connectivity index (χ0) is 28.9. The first kappa shape index (κ1) is 31.2. The monoisotopic (exact) mass is 546 g/mol. The van der Waals surface area contributed by atoms with Crippen molar-refractivity contribution in [3.8, 4) is 23.0 Å². The summed E-state index contributed by atoms with van der Waals surface area (Å²) in [6.45, 7) is 3.24. The fraction of sp³-hybridized carbons (Fsp3) is 0.464. The molecule has 11 heteroatoms. The van der Waals surface area contributed by atoms with Gasteiger partial charge in [-0.15, -0.1) is 0 Å². The zero-order valence-electron chi connectivity index (χ0n) is 23.1. The number of ether oxygens (including phenoxy) is 4. The molecule has 2 N–H and O–H groups in total. The second kappa shape index (κ2) is 15.4. The molecule has 1 aliphatic heterocycles. The van der Waals surface area contributed by atoms with Gasteiger partial charge in [0.15, 0.2) is 23.0 Å². The Morgan fingerprint density at radius 3 is 2.03 bits per heavy atom. The average molecular weight is 547 g/mol. The maximum Gasteiger partial charge on any atom is 0.414 e. The molecular formula is C28H38N2O9. The minimum atomic E-state index is -1.82. The van der Waals surface area contributed by atoms with Gasteiger partial charge in [0.05, 0.1) is 28.4 Å². The molecule has 0 radical (unpaired) electrons. The van der Waals surface area contributed by atoms with Gasteiger partial charge >= 0.3 is 11.9 Å². The van der Waals surface area contributed by atoms with Crippen LogP contribution < -0.4 is 18.9 Å². The molecule has 1 aliphatic rings. The third-order valence-corrected chi connectivity index (χ3v) is 6.56. The van der Waals surface area contributed by atoms with E-state index in [1.807, 2.05) is 42.3 Å². The summed E-state index contributed by atoms with van der Waals surface area (Å²) >= 11 is 0. The van der Waals surface area contributed by atoms with Gasteiger partial charge in [-0.1, -0.05) is 18.2 Å². The largest absolute Gasteiger partial charge is 0.493 e. The number of carboxylic acids is 2. The molecule has 0 aliphatic carbocycles. The van der Waals surface area contributed by atoms with Crippen molar-refractivity contribution in [1.29, 1.82) is 0 Å². The molecule has 1 saturated heterocycles. The van der Waals surface area contributed by atoms with Crippen molar-refractivity contribution in [3.63, 3.8) is 0 Å². The molecule has 39 heavy (non-hydrogen) atoms. The number of methoxy groups -OCH3 is 4. The standard InChI is InChI=1S/C26H36N2O5.C2H2O4/c1-27(14-11-19-9-10-22(30-2)24(17-19)32-4)26(29)20-12-15-28(16-13-20)18-21-7-6-8-23(31-3)25(21)33-5;3-1(4)2(5)6/h6-10,17,20H,11-16,18H2,1-5H3;(H,3,4)(H,5,6). The van der Waals surface area contributed by atoms with Crippen LogP contribution in [0.2, 0.25) is 0 Å². The molecule has 0 atom stereocenters. The van der Waals surface area contributed by atoms with E-state index in [9.17, 15) is 4.79 Å². The molecule has 0 aromatic heterocycles. The maximum absolute atomic E-state index is 13.0. The Hall–Kier alpha value is -3.99. The van der Waals surface area contributed by atoms with Crippen LogP contribution in [0.3, 0.4) is 0 Å². The lowest BCUT2D eigenvalue weighted by Crippen LogP contribution is -2.41. The van der Waals surface area contributed by atoms with Crippen molar-refractivity contribution >= 4 is 17.8 Å². The van der Waals surface area contributed by atoms with Crippen LogP contribution in [0.4, 0.5) is 0 Å². The van der Waals surface area contributed by atoms with Gasteiger partial charge in [-0.25, -0.2) is 9.59 Å². The third kappa shape index (κ3) is 9.06. The van der Waals surface area contributed by atoms with Crippen molar-refractivity contribution in [1.82, 2.24) is 9.80 Å². The van der Waals surface area contributed by atoms with Crippen molar-refractivity contribution in [2.24, 2.45) is 5.92 Å². The Bertz CT molecular complexity index is 1100. The van der Waals surface area contributed by atoms with Crippen LogP contribution in [0, 0.1) is 5.92 Å². The lowest BCUT2D eigenvalue weighted by Gasteiger charge is -2.33. The second-order valence-corrected chi connectivity index (χ2v) is 9.01. The van der Waals surface area contributed by atoms with E-state index in [1.54, 1.807) is 28.4 Å². The van der Waals surface area contributed by atoms with Crippen LogP contribution in [0.25, 0.3) is 0 Å². The van der Waals surface area contributed by atoms with E-state index in [2.05, 4.69) is 11.0 Å². The predicted octanol–water partition coefficient (Wildman–Crippen LogP) is 2.79. The number of hydrogen-bond donors (Lipinski definition) is 2. The van der Waals surface area contributed by atoms with Crippen LogP contribution >= 0.6 is 0 Å². The number of carboxylic acid groups (broad SMARTS) is 2. The lowest BCUT2D eigenvalue weighted by molar-refractivity contribution is -0.159. The number of likely N-dealkylation sites (tertiary alicyclic amines) is 1. The highest BCUT2D eigenvalue weighted by Gasteiger charge is 2.27. The fourth-order valence-electron chi connectivity index (χ4n) is 4.41. The molecule has 0 saturated carbocycles. The summed E-state index contributed by atoms with van der Waals surface area (Å²) in [5, 5.41) is 14.8.